The lowest BCUT2D eigenvalue weighted by Gasteiger charge is -2.29. The van der Waals surface area contributed by atoms with E-state index < -0.39 is 17.7 Å². The van der Waals surface area contributed by atoms with Crippen LogP contribution in [0.25, 0.3) is 0 Å². The molecule has 0 aromatic heterocycles. The molecule has 1 aliphatic heterocycles. The number of ether oxygens (including phenoxy) is 2. The minimum absolute atomic E-state index is 0.109. The van der Waals surface area contributed by atoms with Crippen LogP contribution in [0.15, 0.2) is 36.0 Å². The summed E-state index contributed by atoms with van der Waals surface area (Å²) in [6, 6.07) is 6.96. The van der Waals surface area contributed by atoms with Crippen molar-refractivity contribution in [3.8, 4) is 0 Å². The van der Waals surface area contributed by atoms with Gasteiger partial charge in [0.1, 0.15) is 0 Å². The highest BCUT2D eigenvalue weighted by Crippen LogP contribution is 2.23. The van der Waals surface area contributed by atoms with Crippen LogP contribution >= 0.6 is 0 Å². The van der Waals surface area contributed by atoms with Crippen LogP contribution in [0.2, 0.25) is 0 Å². The molecule has 0 atom stereocenters. The average molecular weight is 318 g/mol. The third-order valence-electron chi connectivity index (χ3n) is 3.21. The first-order chi connectivity index (χ1) is 10.7. The Kier molecular flexibility index (Phi) is 4.40. The van der Waals surface area contributed by atoms with Crippen molar-refractivity contribution in [3.05, 3.63) is 36.0 Å². The minimum Gasteiger partial charge on any atom is -0.419 e. The molecule has 1 N–H and O–H groups in total. The Hall–Kier alpha value is -2.83. The zero-order valence-corrected chi connectivity index (χ0v) is 13.4. The Labute approximate surface area is 133 Å². The standard InChI is InChI=1S/C16H18N2O5/c1-10(19)18(4)12-7-5-6-11(8-12)17-9-13-14(20)22-16(2,3)23-15(13)21/h5-9,17H,1-4H3. The zero-order valence-electron chi connectivity index (χ0n) is 13.4. The quantitative estimate of drug-likeness (QED) is 0.520. The highest BCUT2D eigenvalue weighted by molar-refractivity contribution is 6.15. The van der Waals surface area contributed by atoms with Crippen LogP contribution in [0.1, 0.15) is 20.8 Å². The summed E-state index contributed by atoms with van der Waals surface area (Å²) in [6.07, 6.45) is 1.23. The number of nitrogens with one attached hydrogen (secondary N) is 1. The van der Waals surface area contributed by atoms with Gasteiger partial charge in [0.05, 0.1) is 0 Å². The van der Waals surface area contributed by atoms with E-state index in [2.05, 4.69) is 5.32 Å². The van der Waals surface area contributed by atoms with Gasteiger partial charge in [-0.1, -0.05) is 6.07 Å². The highest BCUT2D eigenvalue weighted by Gasteiger charge is 2.38. The number of benzene rings is 1. The maximum absolute atomic E-state index is 11.8. The number of anilines is 2. The number of amides is 1. The molecule has 1 aliphatic rings. The summed E-state index contributed by atoms with van der Waals surface area (Å²) in [5, 5.41) is 2.84. The van der Waals surface area contributed by atoms with Crippen molar-refractivity contribution in [1.82, 2.24) is 0 Å². The predicted molar refractivity (Wildman–Crippen MR) is 83.5 cm³/mol. The van der Waals surface area contributed by atoms with E-state index in [9.17, 15) is 14.4 Å². The largest absolute Gasteiger partial charge is 0.419 e. The van der Waals surface area contributed by atoms with Crippen molar-refractivity contribution in [2.75, 3.05) is 17.3 Å². The fourth-order valence-corrected chi connectivity index (χ4v) is 1.92. The smallest absolute Gasteiger partial charge is 0.350 e. The molecule has 2 rings (SSSR count). The van der Waals surface area contributed by atoms with Crippen molar-refractivity contribution in [1.29, 1.82) is 0 Å². The topological polar surface area (TPSA) is 84.9 Å². The first-order valence-corrected chi connectivity index (χ1v) is 6.97. The van der Waals surface area contributed by atoms with Crippen molar-refractivity contribution < 1.29 is 23.9 Å². The molecule has 23 heavy (non-hydrogen) atoms. The average Bonchev–Trinajstić information content (AvgIpc) is 2.44. The van der Waals surface area contributed by atoms with Gasteiger partial charge in [-0.05, 0) is 18.2 Å². The number of cyclic esters (lactones) is 2. The molecule has 1 aromatic carbocycles. The molecule has 0 unspecified atom stereocenters. The van der Waals surface area contributed by atoms with Crippen LogP contribution < -0.4 is 10.2 Å². The lowest BCUT2D eigenvalue weighted by molar-refractivity contribution is -0.222. The van der Waals surface area contributed by atoms with Crippen molar-refractivity contribution in [2.45, 2.75) is 26.6 Å². The van der Waals surface area contributed by atoms with Crippen molar-refractivity contribution >= 4 is 29.2 Å². The lowest BCUT2D eigenvalue weighted by atomic mass is 10.2. The van der Waals surface area contributed by atoms with Crippen LogP contribution in [0, 0.1) is 0 Å². The molecular weight excluding hydrogens is 300 g/mol. The first kappa shape index (κ1) is 16.5. The Morgan fingerprint density at radius 3 is 2.39 bits per heavy atom. The molecule has 0 aliphatic carbocycles. The summed E-state index contributed by atoms with van der Waals surface area (Å²) in [4.78, 5) is 36.5. The molecule has 1 saturated heterocycles. The normalized spacial score (nSPS) is 16.3. The molecule has 0 spiro atoms. The number of hydrogen-bond donors (Lipinski definition) is 1. The lowest BCUT2D eigenvalue weighted by Crippen LogP contribution is -2.42. The molecule has 1 aromatic rings. The number of carbonyl (C=O) groups is 3. The second-order valence-corrected chi connectivity index (χ2v) is 5.51. The van der Waals surface area contributed by atoms with Crippen molar-refractivity contribution in [3.63, 3.8) is 0 Å². The first-order valence-electron chi connectivity index (χ1n) is 6.97. The number of carbonyl (C=O) groups excluding carboxylic acids is 3. The second kappa shape index (κ2) is 6.12. The molecule has 122 valence electrons. The Morgan fingerprint density at radius 1 is 1.22 bits per heavy atom. The van der Waals surface area contributed by atoms with Gasteiger partial charge in [0.2, 0.25) is 5.91 Å². The van der Waals surface area contributed by atoms with Gasteiger partial charge in [0, 0.05) is 45.4 Å². The zero-order chi connectivity index (χ0) is 17.2. The van der Waals surface area contributed by atoms with Gasteiger partial charge in [-0.15, -0.1) is 0 Å². The van der Waals surface area contributed by atoms with Crippen LogP contribution in [0.5, 0.6) is 0 Å². The third-order valence-corrected chi connectivity index (χ3v) is 3.21. The molecule has 7 heteroatoms. The molecule has 1 heterocycles. The monoisotopic (exact) mass is 318 g/mol. The molecule has 0 radical (unpaired) electrons. The van der Waals surface area contributed by atoms with E-state index >= 15 is 0 Å². The van der Waals surface area contributed by atoms with Gasteiger partial charge in [0.15, 0.2) is 5.57 Å². The predicted octanol–water partition coefficient (Wildman–Crippen LogP) is 1.80. The van der Waals surface area contributed by atoms with Crippen LogP contribution in [-0.2, 0) is 23.9 Å². The Bertz CT molecular complexity index is 671. The number of esters is 2. The van der Waals surface area contributed by atoms with E-state index in [0.29, 0.717) is 11.4 Å². The highest BCUT2D eigenvalue weighted by atomic mass is 16.7. The van der Waals surface area contributed by atoms with Gasteiger partial charge in [-0.25, -0.2) is 9.59 Å². The van der Waals surface area contributed by atoms with Gasteiger partial charge < -0.3 is 19.7 Å². The molecule has 0 saturated carbocycles. The molecule has 7 nitrogen and oxygen atoms in total. The summed E-state index contributed by atoms with van der Waals surface area (Å²) in [7, 11) is 1.65. The Morgan fingerprint density at radius 2 is 1.83 bits per heavy atom. The molecular formula is C16H18N2O5. The summed E-state index contributed by atoms with van der Waals surface area (Å²) >= 11 is 0. The SMILES string of the molecule is CC(=O)N(C)c1cccc(NC=C2C(=O)OC(C)(C)OC2=O)c1. The van der Waals surface area contributed by atoms with E-state index in [1.165, 1.54) is 31.9 Å². The van der Waals surface area contributed by atoms with Crippen molar-refractivity contribution in [2.24, 2.45) is 0 Å². The molecule has 0 bridgehead atoms. The van der Waals surface area contributed by atoms with Crippen LogP contribution in [0.4, 0.5) is 11.4 Å². The van der Waals surface area contributed by atoms with Gasteiger partial charge >= 0.3 is 11.9 Å². The van der Waals surface area contributed by atoms with E-state index in [0.717, 1.165) is 0 Å². The number of hydrogen-bond acceptors (Lipinski definition) is 6. The second-order valence-electron chi connectivity index (χ2n) is 5.51. The summed E-state index contributed by atoms with van der Waals surface area (Å²) in [5.74, 6) is -2.89. The maximum Gasteiger partial charge on any atom is 0.350 e. The van der Waals surface area contributed by atoms with E-state index in [1.54, 1.807) is 31.3 Å². The fourth-order valence-electron chi connectivity index (χ4n) is 1.92. The summed E-state index contributed by atoms with van der Waals surface area (Å²) < 4.78 is 9.99. The van der Waals surface area contributed by atoms with E-state index in [-0.39, 0.29) is 11.5 Å². The Balaban J connectivity index is 2.17. The maximum atomic E-state index is 11.8. The molecule has 1 amide bonds. The van der Waals surface area contributed by atoms with Crippen LogP contribution in [0.3, 0.4) is 0 Å². The summed E-state index contributed by atoms with van der Waals surface area (Å²) in [6.45, 7) is 4.42. The van der Waals surface area contributed by atoms with Crippen LogP contribution in [-0.4, -0.2) is 30.7 Å². The number of rotatable bonds is 3. The molecule has 1 fully saturated rings. The minimum atomic E-state index is -1.27. The third kappa shape index (κ3) is 3.88. The summed E-state index contributed by atoms with van der Waals surface area (Å²) in [5.41, 5.74) is 1.05. The van der Waals surface area contributed by atoms with Gasteiger partial charge in [-0.2, -0.15) is 0 Å². The fraction of sp³-hybridized carbons (Fsp3) is 0.312. The van der Waals surface area contributed by atoms with E-state index in [1.807, 2.05) is 0 Å². The van der Waals surface area contributed by atoms with Gasteiger partial charge in [-0.3, -0.25) is 4.79 Å². The van der Waals surface area contributed by atoms with Gasteiger partial charge in [0.25, 0.3) is 5.79 Å². The van der Waals surface area contributed by atoms with E-state index in [4.69, 9.17) is 9.47 Å². The number of nitrogens with zero attached hydrogens (tertiary/aromatic N) is 1.